The van der Waals surface area contributed by atoms with E-state index in [9.17, 15) is 4.79 Å². The van der Waals surface area contributed by atoms with Gasteiger partial charge in [0.1, 0.15) is 0 Å². The molecule has 0 N–H and O–H groups in total. The highest BCUT2D eigenvalue weighted by Crippen LogP contribution is 2.20. The van der Waals surface area contributed by atoms with Crippen molar-refractivity contribution in [2.75, 3.05) is 6.61 Å². The van der Waals surface area contributed by atoms with Crippen molar-refractivity contribution in [3.05, 3.63) is 71.8 Å². The number of carbonyl (C=O) groups excluding carboxylic acids is 1. The summed E-state index contributed by atoms with van der Waals surface area (Å²) in [6, 6.07) is 19.8. The summed E-state index contributed by atoms with van der Waals surface area (Å²) in [6.07, 6.45) is 2.91. The first-order chi connectivity index (χ1) is 11.3. The molecule has 1 fully saturated rings. The average molecular weight is 310 g/mol. The molecule has 0 radical (unpaired) electrons. The zero-order valence-electron chi connectivity index (χ0n) is 13.2. The lowest BCUT2D eigenvalue weighted by atomic mass is 10.0. The van der Waals surface area contributed by atoms with Crippen molar-refractivity contribution in [2.45, 2.75) is 38.1 Å². The molecule has 0 spiro atoms. The molecule has 2 unspecified atom stereocenters. The summed E-state index contributed by atoms with van der Waals surface area (Å²) in [6.45, 7) is 0.585. The molecule has 2 aromatic rings. The topological polar surface area (TPSA) is 35.5 Å². The van der Waals surface area contributed by atoms with Gasteiger partial charge in [-0.15, -0.1) is 0 Å². The fourth-order valence-electron chi connectivity index (χ4n) is 2.80. The molecule has 0 aliphatic carbocycles. The number of aryl methyl sites for hydroxylation is 1. The summed E-state index contributed by atoms with van der Waals surface area (Å²) in [7, 11) is 0. The number of ketones is 1. The normalized spacial score (nSPS) is 20.5. The van der Waals surface area contributed by atoms with Crippen LogP contribution < -0.4 is 0 Å². The number of rotatable bonds is 7. The Morgan fingerprint density at radius 3 is 2.39 bits per heavy atom. The molecule has 2 atom stereocenters. The van der Waals surface area contributed by atoms with Gasteiger partial charge >= 0.3 is 0 Å². The predicted octanol–water partition coefficient (Wildman–Crippen LogP) is 4.02. The van der Waals surface area contributed by atoms with Crippen LogP contribution in [0.25, 0.3) is 0 Å². The molecule has 0 saturated carbocycles. The van der Waals surface area contributed by atoms with E-state index in [0.717, 1.165) is 24.8 Å². The molecule has 3 rings (SSSR count). The number of benzene rings is 2. The van der Waals surface area contributed by atoms with E-state index in [0.29, 0.717) is 13.0 Å². The average Bonchev–Trinajstić information content (AvgIpc) is 3.07. The van der Waals surface area contributed by atoms with Crippen molar-refractivity contribution in [3.8, 4) is 0 Å². The van der Waals surface area contributed by atoms with Gasteiger partial charge in [0, 0.05) is 18.4 Å². The van der Waals surface area contributed by atoms with Gasteiger partial charge in [0.25, 0.3) is 0 Å². The molecule has 0 bridgehead atoms. The van der Waals surface area contributed by atoms with E-state index >= 15 is 0 Å². The van der Waals surface area contributed by atoms with Crippen LogP contribution in [0.1, 0.15) is 35.2 Å². The Morgan fingerprint density at radius 1 is 0.957 bits per heavy atom. The Labute approximate surface area is 137 Å². The molecule has 3 heteroatoms. The quantitative estimate of drug-likeness (QED) is 0.725. The third-order valence-electron chi connectivity index (χ3n) is 4.11. The molecule has 23 heavy (non-hydrogen) atoms. The molecule has 1 aliphatic rings. The van der Waals surface area contributed by atoms with Crippen LogP contribution in [-0.2, 0) is 15.9 Å². The Hall–Kier alpha value is -1.97. The van der Waals surface area contributed by atoms with Gasteiger partial charge in [0.05, 0.1) is 12.7 Å². The van der Waals surface area contributed by atoms with E-state index in [1.807, 2.05) is 48.5 Å². The van der Waals surface area contributed by atoms with Gasteiger partial charge in [0.15, 0.2) is 12.1 Å². The highest BCUT2D eigenvalue weighted by molar-refractivity contribution is 5.95. The lowest BCUT2D eigenvalue weighted by molar-refractivity contribution is -0.0624. The van der Waals surface area contributed by atoms with Crippen LogP contribution in [0, 0.1) is 0 Å². The van der Waals surface area contributed by atoms with Crippen LogP contribution >= 0.6 is 0 Å². The molecule has 0 aromatic heterocycles. The van der Waals surface area contributed by atoms with Gasteiger partial charge in [-0.05, 0) is 18.4 Å². The fourth-order valence-corrected chi connectivity index (χ4v) is 2.80. The zero-order chi connectivity index (χ0) is 15.9. The van der Waals surface area contributed by atoms with E-state index in [1.54, 1.807) is 0 Å². The van der Waals surface area contributed by atoms with Crippen molar-refractivity contribution >= 4 is 5.78 Å². The number of Topliss-reactive ketones (excluding diaryl/α,β-unsaturated/α-hetero) is 1. The maximum absolute atomic E-state index is 12.1. The van der Waals surface area contributed by atoms with Crippen LogP contribution in [0.15, 0.2) is 60.7 Å². The first-order valence-corrected chi connectivity index (χ1v) is 8.20. The molecular formula is C20H22O3. The maximum Gasteiger partial charge on any atom is 0.162 e. The van der Waals surface area contributed by atoms with E-state index < -0.39 is 0 Å². The number of ether oxygens (including phenoxy) is 2. The molecule has 1 aliphatic heterocycles. The van der Waals surface area contributed by atoms with Crippen molar-refractivity contribution in [1.82, 2.24) is 0 Å². The smallest absolute Gasteiger partial charge is 0.162 e. The molecule has 0 amide bonds. The van der Waals surface area contributed by atoms with E-state index in [2.05, 4.69) is 12.1 Å². The van der Waals surface area contributed by atoms with Gasteiger partial charge in [-0.2, -0.15) is 0 Å². The molecule has 120 valence electrons. The van der Waals surface area contributed by atoms with E-state index in [4.69, 9.17) is 9.47 Å². The SMILES string of the molecule is O=C(CCC1COC(CCc2ccccc2)O1)c1ccccc1. The van der Waals surface area contributed by atoms with Crippen LogP contribution in [0.5, 0.6) is 0 Å². The summed E-state index contributed by atoms with van der Waals surface area (Å²) in [5, 5.41) is 0. The maximum atomic E-state index is 12.1. The largest absolute Gasteiger partial charge is 0.350 e. The van der Waals surface area contributed by atoms with E-state index in [-0.39, 0.29) is 18.2 Å². The minimum absolute atomic E-state index is 0.0310. The second-order valence-corrected chi connectivity index (χ2v) is 5.87. The third kappa shape index (κ3) is 4.75. The molecule has 1 heterocycles. The molecule has 1 saturated heterocycles. The van der Waals surface area contributed by atoms with Crippen LogP contribution in [0.4, 0.5) is 0 Å². The molecule has 2 aromatic carbocycles. The lowest BCUT2D eigenvalue weighted by Gasteiger charge is -2.11. The van der Waals surface area contributed by atoms with Gasteiger partial charge in [-0.1, -0.05) is 60.7 Å². The highest BCUT2D eigenvalue weighted by Gasteiger charge is 2.26. The summed E-state index contributed by atoms with van der Waals surface area (Å²) in [4.78, 5) is 12.1. The second-order valence-electron chi connectivity index (χ2n) is 5.87. The standard InChI is InChI=1S/C20H22O3/c21-19(17-9-5-2-6-10-17)13-12-18-15-22-20(23-18)14-11-16-7-3-1-4-8-16/h1-10,18,20H,11-15H2. The predicted molar refractivity (Wildman–Crippen MR) is 89.4 cm³/mol. The lowest BCUT2D eigenvalue weighted by Crippen LogP contribution is -2.14. The fraction of sp³-hybridized carbons (Fsp3) is 0.350. The summed E-state index contributed by atoms with van der Waals surface area (Å²) in [5.74, 6) is 0.168. The van der Waals surface area contributed by atoms with E-state index in [1.165, 1.54) is 5.56 Å². The van der Waals surface area contributed by atoms with Gasteiger partial charge < -0.3 is 9.47 Å². The molecule has 3 nitrogen and oxygen atoms in total. The van der Waals surface area contributed by atoms with Gasteiger partial charge in [0.2, 0.25) is 0 Å². The van der Waals surface area contributed by atoms with Crippen molar-refractivity contribution in [2.24, 2.45) is 0 Å². The second kappa shape index (κ2) is 8.04. The van der Waals surface area contributed by atoms with Crippen molar-refractivity contribution in [3.63, 3.8) is 0 Å². The van der Waals surface area contributed by atoms with Crippen LogP contribution in [-0.4, -0.2) is 24.8 Å². The first-order valence-electron chi connectivity index (χ1n) is 8.20. The number of carbonyl (C=O) groups is 1. The summed E-state index contributed by atoms with van der Waals surface area (Å²) >= 11 is 0. The van der Waals surface area contributed by atoms with Gasteiger partial charge in [-0.3, -0.25) is 4.79 Å². The summed E-state index contributed by atoms with van der Waals surface area (Å²) in [5.41, 5.74) is 2.06. The highest BCUT2D eigenvalue weighted by atomic mass is 16.7. The molecular weight excluding hydrogens is 288 g/mol. The van der Waals surface area contributed by atoms with Crippen molar-refractivity contribution < 1.29 is 14.3 Å². The number of hydrogen-bond acceptors (Lipinski definition) is 3. The van der Waals surface area contributed by atoms with Crippen molar-refractivity contribution in [1.29, 1.82) is 0 Å². The Kier molecular flexibility index (Phi) is 5.56. The number of hydrogen-bond donors (Lipinski definition) is 0. The van der Waals surface area contributed by atoms with Crippen LogP contribution in [0.3, 0.4) is 0 Å². The Bertz CT molecular complexity index is 609. The summed E-state index contributed by atoms with van der Waals surface area (Å²) < 4.78 is 11.6. The van der Waals surface area contributed by atoms with Gasteiger partial charge in [-0.25, -0.2) is 0 Å². The monoisotopic (exact) mass is 310 g/mol. The minimum atomic E-state index is -0.146. The Morgan fingerprint density at radius 2 is 1.65 bits per heavy atom. The van der Waals surface area contributed by atoms with Crippen LogP contribution in [0.2, 0.25) is 0 Å². The third-order valence-corrected chi connectivity index (χ3v) is 4.11. The minimum Gasteiger partial charge on any atom is -0.350 e. The zero-order valence-corrected chi connectivity index (χ0v) is 13.2. The first kappa shape index (κ1) is 15.9. The Balaban J connectivity index is 1.39.